The molecule has 3 N–H and O–H groups in total. The lowest BCUT2D eigenvalue weighted by atomic mass is 9.94. The molecule has 0 saturated carbocycles. The zero-order valence-corrected chi connectivity index (χ0v) is 20.4. The molecule has 3 aromatic rings. The zero-order valence-electron chi connectivity index (χ0n) is 18.8. The number of nitrogens with zero attached hydrogens (tertiary/aromatic N) is 2. The first-order valence-corrected chi connectivity index (χ1v) is 13.5. The van der Waals surface area contributed by atoms with Gasteiger partial charge in [-0.15, -0.1) is 0 Å². The Morgan fingerprint density at radius 1 is 1.36 bits per heavy atom. The van der Waals surface area contributed by atoms with E-state index in [1.807, 2.05) is 32.2 Å². The van der Waals surface area contributed by atoms with Gasteiger partial charge in [-0.25, -0.2) is 13.4 Å². The lowest BCUT2D eigenvalue weighted by Gasteiger charge is -2.35. The van der Waals surface area contributed by atoms with Crippen molar-refractivity contribution >= 4 is 49.0 Å². The molecule has 33 heavy (non-hydrogen) atoms. The van der Waals surface area contributed by atoms with Crippen molar-refractivity contribution in [1.29, 1.82) is 0 Å². The Morgan fingerprint density at radius 3 is 2.97 bits per heavy atom. The Morgan fingerprint density at radius 2 is 2.18 bits per heavy atom. The van der Waals surface area contributed by atoms with E-state index in [9.17, 15) is 13.2 Å². The second-order valence-electron chi connectivity index (χ2n) is 9.36. The number of fused-ring (bicyclic) bond motifs is 2. The van der Waals surface area contributed by atoms with Crippen LogP contribution in [0.5, 0.6) is 0 Å². The van der Waals surface area contributed by atoms with Crippen LogP contribution in [0, 0.1) is 0 Å². The Labute approximate surface area is 196 Å². The number of carbonyl (C=O) groups is 1. The molecule has 1 saturated heterocycles. The predicted octanol–water partition coefficient (Wildman–Crippen LogP) is 2.51. The highest BCUT2D eigenvalue weighted by Crippen LogP contribution is 2.34. The highest BCUT2D eigenvalue weighted by molar-refractivity contribution is 7.92. The normalized spacial score (nSPS) is 20.5. The molecule has 0 radical (unpaired) electrons. The number of rotatable bonds is 5. The standard InChI is InChI=1S/C22H27N5O4S2/c1-22(2)10-18-19(20(28)25-22)32-21(24-18)27-6-7-31-12-15(27)8-13-11-23-17-5-4-14(9-16(13)17)26-33(3,29)30/h4-5,9,11,15,23,26H,6-8,10,12H2,1-3H3,(H,25,28)/t15-/m0/s1. The Kier molecular flexibility index (Phi) is 5.37. The van der Waals surface area contributed by atoms with Crippen LogP contribution in [0.1, 0.15) is 34.8 Å². The highest BCUT2D eigenvalue weighted by Gasteiger charge is 2.35. The Bertz CT molecular complexity index is 1330. The first-order valence-electron chi connectivity index (χ1n) is 10.8. The minimum atomic E-state index is -3.36. The van der Waals surface area contributed by atoms with Crippen LogP contribution in [0.25, 0.3) is 10.9 Å². The summed E-state index contributed by atoms with van der Waals surface area (Å²) in [7, 11) is -3.36. The topological polar surface area (TPSA) is 116 Å². The molecule has 0 bridgehead atoms. The van der Waals surface area contributed by atoms with Crippen LogP contribution in [0.2, 0.25) is 0 Å². The summed E-state index contributed by atoms with van der Waals surface area (Å²) in [6, 6.07) is 5.52. The molecule has 1 aromatic carbocycles. The van der Waals surface area contributed by atoms with Gasteiger partial charge >= 0.3 is 0 Å². The Balaban J connectivity index is 1.43. The van der Waals surface area contributed by atoms with Crippen LogP contribution in [0.4, 0.5) is 10.8 Å². The van der Waals surface area contributed by atoms with E-state index in [4.69, 9.17) is 9.72 Å². The van der Waals surface area contributed by atoms with Crippen molar-refractivity contribution in [3.63, 3.8) is 0 Å². The van der Waals surface area contributed by atoms with Crippen molar-refractivity contribution < 1.29 is 17.9 Å². The van der Waals surface area contributed by atoms with Crippen LogP contribution < -0.4 is 14.9 Å². The third-order valence-electron chi connectivity index (χ3n) is 5.95. The molecule has 1 fully saturated rings. The van der Waals surface area contributed by atoms with Gasteiger partial charge in [0.1, 0.15) is 4.88 Å². The van der Waals surface area contributed by atoms with E-state index in [1.165, 1.54) is 11.3 Å². The smallest absolute Gasteiger partial charge is 0.263 e. The third-order valence-corrected chi connectivity index (χ3v) is 7.69. The van der Waals surface area contributed by atoms with Crippen molar-refractivity contribution in [2.75, 3.05) is 35.6 Å². The molecule has 4 heterocycles. The molecular weight excluding hydrogens is 462 g/mol. The van der Waals surface area contributed by atoms with Crippen molar-refractivity contribution in [3.05, 3.63) is 40.5 Å². The average molecular weight is 490 g/mol. The molecule has 9 nitrogen and oxygen atoms in total. The van der Waals surface area contributed by atoms with E-state index >= 15 is 0 Å². The number of benzene rings is 1. The first kappa shape index (κ1) is 22.2. The lowest BCUT2D eigenvalue weighted by Crippen LogP contribution is -2.48. The molecule has 0 spiro atoms. The van der Waals surface area contributed by atoms with E-state index < -0.39 is 10.0 Å². The van der Waals surface area contributed by atoms with Gasteiger partial charge < -0.3 is 19.9 Å². The molecule has 176 valence electrons. The van der Waals surface area contributed by atoms with Crippen LogP contribution >= 0.6 is 11.3 Å². The summed E-state index contributed by atoms with van der Waals surface area (Å²) in [4.78, 5) is 23.6. The summed E-state index contributed by atoms with van der Waals surface area (Å²) in [5.41, 5.74) is 3.10. The number of aromatic amines is 1. The van der Waals surface area contributed by atoms with E-state index in [2.05, 4.69) is 19.9 Å². The van der Waals surface area contributed by atoms with E-state index in [-0.39, 0.29) is 17.5 Å². The summed E-state index contributed by atoms with van der Waals surface area (Å²) in [5.74, 6) is -0.0580. The minimum Gasteiger partial charge on any atom is -0.377 e. The first-order chi connectivity index (χ1) is 15.6. The average Bonchev–Trinajstić information content (AvgIpc) is 3.31. The molecule has 2 aliphatic rings. The predicted molar refractivity (Wildman–Crippen MR) is 130 cm³/mol. The van der Waals surface area contributed by atoms with Crippen molar-refractivity contribution in [1.82, 2.24) is 15.3 Å². The number of amides is 1. The molecule has 0 unspecified atom stereocenters. The van der Waals surface area contributed by atoms with Gasteiger partial charge in [-0.05, 0) is 44.0 Å². The molecule has 2 aliphatic heterocycles. The fourth-order valence-electron chi connectivity index (χ4n) is 4.54. The number of morpholine rings is 1. The third kappa shape index (κ3) is 4.57. The minimum absolute atomic E-state index is 0.0490. The number of hydrogen-bond donors (Lipinski definition) is 3. The number of H-pyrrole nitrogens is 1. The van der Waals surface area contributed by atoms with E-state index in [0.29, 0.717) is 43.2 Å². The number of thiazole rings is 1. The highest BCUT2D eigenvalue weighted by atomic mass is 32.2. The summed E-state index contributed by atoms with van der Waals surface area (Å²) in [6.07, 6.45) is 4.51. The maximum Gasteiger partial charge on any atom is 0.263 e. The van der Waals surface area contributed by atoms with Crippen molar-refractivity contribution in [2.24, 2.45) is 0 Å². The van der Waals surface area contributed by atoms with Gasteiger partial charge in [0, 0.05) is 41.3 Å². The van der Waals surface area contributed by atoms with Gasteiger partial charge in [0.25, 0.3) is 5.91 Å². The summed E-state index contributed by atoms with van der Waals surface area (Å²) < 4.78 is 31.6. The van der Waals surface area contributed by atoms with Crippen molar-refractivity contribution in [3.8, 4) is 0 Å². The molecule has 1 amide bonds. The molecule has 0 aliphatic carbocycles. The SMILES string of the molecule is CC1(C)Cc2nc(N3CCOC[C@@H]3Cc3c[nH]c4ccc(NS(C)(=O)=O)cc34)sc2C(=O)N1. The van der Waals surface area contributed by atoms with Crippen LogP contribution in [-0.4, -0.2) is 61.9 Å². The van der Waals surface area contributed by atoms with Gasteiger partial charge in [0.05, 0.1) is 31.2 Å². The number of sulfonamides is 1. The molecule has 2 aromatic heterocycles. The quantitative estimate of drug-likeness (QED) is 0.507. The number of hydrogen-bond acceptors (Lipinski definition) is 7. The van der Waals surface area contributed by atoms with Crippen LogP contribution in [-0.2, 0) is 27.6 Å². The largest absolute Gasteiger partial charge is 0.377 e. The van der Waals surface area contributed by atoms with Gasteiger partial charge in [0.2, 0.25) is 10.0 Å². The Hall–Kier alpha value is -2.63. The summed E-state index contributed by atoms with van der Waals surface area (Å²) in [6.45, 7) is 5.87. The fourth-order valence-corrected chi connectivity index (χ4v) is 6.17. The number of carbonyl (C=O) groups excluding carboxylic acids is 1. The van der Waals surface area contributed by atoms with Gasteiger partial charge in [0.15, 0.2) is 5.13 Å². The van der Waals surface area contributed by atoms with Gasteiger partial charge in [-0.2, -0.15) is 0 Å². The zero-order chi connectivity index (χ0) is 23.4. The van der Waals surface area contributed by atoms with Gasteiger partial charge in [-0.1, -0.05) is 11.3 Å². The van der Waals surface area contributed by atoms with Gasteiger partial charge in [-0.3, -0.25) is 9.52 Å². The second-order valence-corrected chi connectivity index (χ2v) is 12.1. The summed E-state index contributed by atoms with van der Waals surface area (Å²) in [5, 5.41) is 4.87. The van der Waals surface area contributed by atoms with Crippen LogP contribution in [0.15, 0.2) is 24.4 Å². The lowest BCUT2D eigenvalue weighted by molar-refractivity contribution is 0.0900. The monoisotopic (exact) mass is 489 g/mol. The number of ether oxygens (including phenoxy) is 1. The molecule has 5 rings (SSSR count). The maximum absolute atomic E-state index is 12.6. The second kappa shape index (κ2) is 8.00. The summed E-state index contributed by atoms with van der Waals surface area (Å²) >= 11 is 1.44. The number of aromatic nitrogens is 2. The van der Waals surface area contributed by atoms with Crippen LogP contribution in [0.3, 0.4) is 0 Å². The fraction of sp³-hybridized carbons (Fsp3) is 0.455. The molecule has 11 heteroatoms. The van der Waals surface area contributed by atoms with E-state index in [1.54, 1.807) is 6.07 Å². The molecular formula is C22H27N5O4S2. The van der Waals surface area contributed by atoms with Crippen molar-refractivity contribution in [2.45, 2.75) is 38.3 Å². The van der Waals surface area contributed by atoms with E-state index in [0.717, 1.165) is 33.5 Å². The maximum atomic E-state index is 12.6. The molecule has 1 atom stereocenters. The number of anilines is 2. The number of nitrogens with one attached hydrogen (secondary N) is 3.